The van der Waals surface area contributed by atoms with Crippen molar-refractivity contribution in [2.75, 3.05) is 13.7 Å². The summed E-state index contributed by atoms with van der Waals surface area (Å²) in [6.45, 7) is 2.07. The molecular formula is C20H19ClN2O5. The second kappa shape index (κ2) is 8.22. The fraction of sp³-hybridized carbons (Fsp3) is 0.200. The quantitative estimate of drug-likeness (QED) is 0.666. The first-order valence-corrected chi connectivity index (χ1v) is 8.94. The highest BCUT2D eigenvalue weighted by Crippen LogP contribution is 2.40. The van der Waals surface area contributed by atoms with Gasteiger partial charge in [0, 0.05) is 0 Å². The topological polar surface area (TPSA) is 96.9 Å². The van der Waals surface area contributed by atoms with E-state index >= 15 is 0 Å². The van der Waals surface area contributed by atoms with E-state index in [0.717, 1.165) is 0 Å². The number of benzene rings is 2. The van der Waals surface area contributed by atoms with Gasteiger partial charge in [0.05, 0.1) is 36.1 Å². The molecule has 0 saturated carbocycles. The Bertz CT molecular complexity index is 943. The number of urea groups is 1. The van der Waals surface area contributed by atoms with Gasteiger partial charge in [0.2, 0.25) is 0 Å². The largest absolute Gasteiger partial charge is 0.503 e. The summed E-state index contributed by atoms with van der Waals surface area (Å²) >= 11 is 6.13. The van der Waals surface area contributed by atoms with Crippen LogP contribution in [0, 0.1) is 0 Å². The zero-order valence-electron chi connectivity index (χ0n) is 15.3. The first kappa shape index (κ1) is 19.6. The molecule has 7 nitrogen and oxygen atoms in total. The van der Waals surface area contributed by atoms with Crippen LogP contribution in [-0.2, 0) is 9.53 Å². The summed E-state index contributed by atoms with van der Waals surface area (Å²) in [5.41, 5.74) is 1.66. The maximum absolute atomic E-state index is 12.6. The van der Waals surface area contributed by atoms with Gasteiger partial charge in [-0.2, -0.15) is 0 Å². The minimum Gasteiger partial charge on any atom is -0.503 e. The van der Waals surface area contributed by atoms with Crippen LogP contribution in [0.25, 0.3) is 5.70 Å². The average molecular weight is 403 g/mol. The summed E-state index contributed by atoms with van der Waals surface area (Å²) < 4.78 is 10.4. The van der Waals surface area contributed by atoms with Gasteiger partial charge in [-0.1, -0.05) is 41.9 Å². The molecule has 146 valence electrons. The summed E-state index contributed by atoms with van der Waals surface area (Å²) in [4.78, 5) is 24.9. The fourth-order valence-electron chi connectivity index (χ4n) is 3.00. The Kier molecular flexibility index (Phi) is 5.75. The van der Waals surface area contributed by atoms with E-state index in [0.29, 0.717) is 23.4 Å². The van der Waals surface area contributed by atoms with E-state index in [9.17, 15) is 14.7 Å². The van der Waals surface area contributed by atoms with Gasteiger partial charge in [0.15, 0.2) is 11.5 Å². The Labute approximate surface area is 166 Å². The molecule has 0 aromatic heterocycles. The molecule has 0 fully saturated rings. The monoisotopic (exact) mass is 402 g/mol. The third-order valence-electron chi connectivity index (χ3n) is 4.22. The van der Waals surface area contributed by atoms with Gasteiger partial charge in [0.1, 0.15) is 0 Å². The number of phenolic OH excluding ortho intramolecular Hbond substituents is 1. The number of carbonyl (C=O) groups is 2. The van der Waals surface area contributed by atoms with E-state index in [1.54, 1.807) is 31.2 Å². The molecule has 2 aromatic rings. The van der Waals surface area contributed by atoms with E-state index in [2.05, 4.69) is 10.6 Å². The van der Waals surface area contributed by atoms with Crippen LogP contribution in [0.5, 0.6) is 11.5 Å². The van der Waals surface area contributed by atoms with Crippen LogP contribution in [0.4, 0.5) is 4.79 Å². The standard InChI is InChI=1S/C20H19ClN2O5/c1-3-28-14-10-12(9-13(21)18(14)24)17-15(19(25)27-2)16(22-20(26)23-17)11-7-5-4-6-8-11/h4-10,17,24H,3H2,1-2H3,(H2,22,23,26). The number of methoxy groups -OCH3 is 1. The molecule has 1 aliphatic rings. The van der Waals surface area contributed by atoms with Crippen LogP contribution in [0.3, 0.4) is 0 Å². The van der Waals surface area contributed by atoms with Gasteiger partial charge in [-0.3, -0.25) is 0 Å². The predicted octanol–water partition coefficient (Wildman–Crippen LogP) is 3.38. The zero-order valence-corrected chi connectivity index (χ0v) is 16.0. The molecule has 1 aliphatic heterocycles. The number of aromatic hydroxyl groups is 1. The maximum atomic E-state index is 12.6. The predicted molar refractivity (Wildman–Crippen MR) is 104 cm³/mol. The Hall–Kier alpha value is -3.19. The van der Waals surface area contributed by atoms with Gasteiger partial charge in [-0.05, 0) is 30.2 Å². The van der Waals surface area contributed by atoms with Gasteiger partial charge in [-0.15, -0.1) is 0 Å². The molecule has 1 unspecified atom stereocenters. The first-order chi connectivity index (χ1) is 13.5. The van der Waals surface area contributed by atoms with E-state index in [-0.39, 0.29) is 22.1 Å². The molecule has 0 spiro atoms. The van der Waals surface area contributed by atoms with Crippen molar-refractivity contribution in [3.63, 3.8) is 0 Å². The van der Waals surface area contributed by atoms with Gasteiger partial charge in [0.25, 0.3) is 0 Å². The van der Waals surface area contributed by atoms with Gasteiger partial charge < -0.3 is 25.2 Å². The van der Waals surface area contributed by atoms with Crippen molar-refractivity contribution in [1.82, 2.24) is 10.6 Å². The van der Waals surface area contributed by atoms with E-state index in [1.165, 1.54) is 19.2 Å². The van der Waals surface area contributed by atoms with Crippen LogP contribution in [0.2, 0.25) is 5.02 Å². The maximum Gasteiger partial charge on any atom is 0.338 e. The number of esters is 1. The summed E-state index contributed by atoms with van der Waals surface area (Å²) in [5.74, 6) is -0.666. The first-order valence-electron chi connectivity index (χ1n) is 8.56. The number of hydrogen-bond acceptors (Lipinski definition) is 5. The Balaban J connectivity index is 2.21. The number of ether oxygens (including phenoxy) is 2. The number of amides is 2. The number of carbonyl (C=O) groups excluding carboxylic acids is 2. The van der Waals surface area contributed by atoms with Gasteiger partial charge in [-0.25, -0.2) is 9.59 Å². The smallest absolute Gasteiger partial charge is 0.338 e. The van der Waals surface area contributed by atoms with Crippen LogP contribution in [0.15, 0.2) is 48.0 Å². The molecule has 3 N–H and O–H groups in total. The van der Waals surface area contributed by atoms with Crippen molar-refractivity contribution in [1.29, 1.82) is 0 Å². The third-order valence-corrected chi connectivity index (χ3v) is 4.51. The van der Waals surface area contributed by atoms with Gasteiger partial charge >= 0.3 is 12.0 Å². The van der Waals surface area contributed by atoms with Crippen molar-refractivity contribution in [3.05, 3.63) is 64.2 Å². The van der Waals surface area contributed by atoms with E-state index in [1.807, 2.05) is 6.07 Å². The van der Waals surface area contributed by atoms with Crippen LogP contribution < -0.4 is 15.4 Å². The molecule has 1 atom stereocenters. The lowest BCUT2D eigenvalue weighted by atomic mass is 9.92. The Morgan fingerprint density at radius 1 is 1.25 bits per heavy atom. The Morgan fingerprint density at radius 2 is 1.96 bits per heavy atom. The molecule has 2 aromatic carbocycles. The number of phenols is 1. The highest BCUT2D eigenvalue weighted by molar-refractivity contribution is 6.32. The van der Waals surface area contributed by atoms with Crippen LogP contribution >= 0.6 is 11.6 Å². The second-order valence-electron chi connectivity index (χ2n) is 5.96. The lowest BCUT2D eigenvalue weighted by Gasteiger charge is -2.29. The summed E-state index contributed by atoms with van der Waals surface area (Å²) in [5, 5.41) is 15.5. The Morgan fingerprint density at radius 3 is 2.61 bits per heavy atom. The average Bonchev–Trinajstić information content (AvgIpc) is 2.70. The molecule has 0 saturated heterocycles. The number of halogens is 1. The lowest BCUT2D eigenvalue weighted by Crippen LogP contribution is -2.45. The molecule has 28 heavy (non-hydrogen) atoms. The van der Waals surface area contributed by atoms with Crippen molar-refractivity contribution in [2.45, 2.75) is 13.0 Å². The lowest BCUT2D eigenvalue weighted by molar-refractivity contribution is -0.136. The molecule has 0 radical (unpaired) electrons. The summed E-state index contributed by atoms with van der Waals surface area (Å²) in [6.07, 6.45) is 0. The van der Waals surface area contributed by atoms with Crippen LogP contribution in [0.1, 0.15) is 24.1 Å². The highest BCUT2D eigenvalue weighted by Gasteiger charge is 2.35. The highest BCUT2D eigenvalue weighted by atomic mass is 35.5. The fourth-order valence-corrected chi connectivity index (χ4v) is 3.22. The second-order valence-corrected chi connectivity index (χ2v) is 6.37. The number of rotatable bonds is 5. The molecular weight excluding hydrogens is 384 g/mol. The molecule has 2 amide bonds. The van der Waals surface area contributed by atoms with E-state index < -0.39 is 18.0 Å². The summed E-state index contributed by atoms with van der Waals surface area (Å²) in [6, 6.07) is 10.6. The summed E-state index contributed by atoms with van der Waals surface area (Å²) in [7, 11) is 1.26. The van der Waals surface area contributed by atoms with Crippen molar-refractivity contribution in [3.8, 4) is 11.5 Å². The molecule has 1 heterocycles. The minimum atomic E-state index is -0.853. The normalized spacial score (nSPS) is 16.2. The van der Waals surface area contributed by atoms with Crippen LogP contribution in [-0.4, -0.2) is 30.8 Å². The SMILES string of the molecule is CCOc1cc(C2NC(=O)NC(c3ccccc3)=C2C(=O)OC)cc(Cl)c1O. The number of nitrogens with one attached hydrogen (secondary N) is 2. The van der Waals surface area contributed by atoms with Crippen molar-refractivity contribution < 1.29 is 24.2 Å². The van der Waals surface area contributed by atoms with E-state index in [4.69, 9.17) is 21.1 Å². The molecule has 3 rings (SSSR count). The minimum absolute atomic E-state index is 0.0409. The number of hydrogen-bond donors (Lipinski definition) is 3. The molecule has 0 bridgehead atoms. The molecule has 8 heteroatoms. The molecule has 0 aliphatic carbocycles. The van der Waals surface area contributed by atoms with Crippen molar-refractivity contribution in [2.24, 2.45) is 0 Å². The third kappa shape index (κ3) is 3.75. The zero-order chi connectivity index (χ0) is 20.3. The van der Waals surface area contributed by atoms with Crippen molar-refractivity contribution >= 4 is 29.3 Å².